The van der Waals surface area contributed by atoms with Gasteiger partial charge in [0.1, 0.15) is 0 Å². The van der Waals surface area contributed by atoms with E-state index in [4.69, 9.17) is 11.6 Å². The van der Waals surface area contributed by atoms with Crippen molar-refractivity contribution in [3.63, 3.8) is 0 Å². The van der Waals surface area contributed by atoms with Crippen LogP contribution in [0.5, 0.6) is 0 Å². The molecule has 0 aliphatic carbocycles. The van der Waals surface area contributed by atoms with Crippen LogP contribution in [0.2, 0.25) is 5.02 Å². The lowest BCUT2D eigenvalue weighted by molar-refractivity contribution is 0.0816. The molecule has 154 valence electrons. The fourth-order valence-corrected chi connectivity index (χ4v) is 5.25. The second-order valence-corrected chi connectivity index (χ2v) is 9.72. The summed E-state index contributed by atoms with van der Waals surface area (Å²) in [4.78, 5) is 21.7. The Morgan fingerprint density at radius 1 is 1.00 bits per heavy atom. The van der Waals surface area contributed by atoms with Crippen LogP contribution in [0, 0.1) is 0 Å². The lowest BCUT2D eigenvalue weighted by Gasteiger charge is -2.06. The Hall–Kier alpha value is -2.80. The highest BCUT2D eigenvalue weighted by molar-refractivity contribution is 8.00. The monoisotopic (exact) mass is 463 g/mol. The lowest BCUT2D eigenvalue weighted by Crippen LogP contribution is -2.17. The van der Waals surface area contributed by atoms with Crippen LogP contribution in [0.15, 0.2) is 78.0 Å². The number of benzene rings is 2. The van der Waals surface area contributed by atoms with Crippen molar-refractivity contribution in [2.24, 2.45) is 0 Å². The van der Waals surface area contributed by atoms with E-state index in [9.17, 15) is 4.79 Å². The first-order chi connectivity index (χ1) is 15.1. The van der Waals surface area contributed by atoms with Gasteiger partial charge < -0.3 is 9.62 Å². The summed E-state index contributed by atoms with van der Waals surface area (Å²) in [5, 5.41) is 0.725. The number of rotatable bonds is 5. The van der Waals surface area contributed by atoms with E-state index >= 15 is 0 Å². The molecule has 1 N–H and O–H groups in total. The number of hydrogen-bond donors (Lipinski definition) is 1. The van der Waals surface area contributed by atoms with Crippen molar-refractivity contribution in [2.75, 3.05) is 11.8 Å². The van der Waals surface area contributed by atoms with Crippen LogP contribution < -0.4 is 4.72 Å². The van der Waals surface area contributed by atoms with Gasteiger partial charge >= 0.3 is 0 Å². The highest BCUT2D eigenvalue weighted by Crippen LogP contribution is 2.37. The molecule has 0 bridgehead atoms. The van der Waals surface area contributed by atoms with Gasteiger partial charge in [0.2, 0.25) is 0 Å². The predicted molar refractivity (Wildman–Crippen MR) is 130 cm³/mol. The SMILES string of the molecule is CN1Cc2cc(-c3ccc(-c4cncc(NSc5ccc(Cl)cc5)c4)s3)ccc2C1=O. The van der Waals surface area contributed by atoms with Crippen LogP contribution in [0.1, 0.15) is 15.9 Å². The minimum Gasteiger partial charge on any atom is -0.337 e. The van der Waals surface area contributed by atoms with E-state index in [0.717, 1.165) is 42.7 Å². The van der Waals surface area contributed by atoms with Crippen LogP contribution in [0.3, 0.4) is 0 Å². The van der Waals surface area contributed by atoms with Crippen molar-refractivity contribution in [3.8, 4) is 20.9 Å². The average Bonchev–Trinajstić information content (AvgIpc) is 3.39. The molecule has 0 atom stereocenters. The molecule has 2 aromatic heterocycles. The summed E-state index contributed by atoms with van der Waals surface area (Å²) in [5.41, 5.74) is 5.04. The Bertz CT molecular complexity index is 1270. The zero-order valence-corrected chi connectivity index (χ0v) is 19.0. The van der Waals surface area contributed by atoms with Gasteiger partial charge in [0, 0.05) is 50.6 Å². The number of nitrogens with zero attached hydrogens (tertiary/aromatic N) is 2. The minimum absolute atomic E-state index is 0.0975. The maximum absolute atomic E-state index is 12.1. The summed E-state index contributed by atoms with van der Waals surface area (Å²) >= 11 is 9.19. The normalized spacial score (nSPS) is 12.8. The van der Waals surface area contributed by atoms with E-state index in [1.165, 1.54) is 16.8 Å². The van der Waals surface area contributed by atoms with Gasteiger partial charge in [-0.2, -0.15) is 0 Å². The molecule has 0 saturated heterocycles. The molecule has 5 rings (SSSR count). The molecule has 4 aromatic rings. The van der Waals surface area contributed by atoms with Gasteiger partial charge in [-0.1, -0.05) is 17.7 Å². The zero-order chi connectivity index (χ0) is 21.4. The number of pyridine rings is 1. The Kier molecular flexibility index (Phi) is 5.44. The van der Waals surface area contributed by atoms with Crippen LogP contribution in [0.4, 0.5) is 5.69 Å². The summed E-state index contributed by atoms with van der Waals surface area (Å²) in [6, 6.07) is 20.2. The number of nitrogens with one attached hydrogen (secondary N) is 1. The molecule has 0 radical (unpaired) electrons. The number of aromatic nitrogens is 1. The predicted octanol–water partition coefficient (Wildman–Crippen LogP) is 6.84. The summed E-state index contributed by atoms with van der Waals surface area (Å²) < 4.78 is 3.34. The number of anilines is 1. The standard InChI is InChI=1S/C24H18ClN3OS2/c1-28-14-17-10-15(2-7-21(17)24(28)29)22-8-9-23(30-22)16-11-19(13-26-12-16)27-31-20-5-3-18(25)4-6-20/h2-13,27H,14H2,1H3. The second-order valence-electron chi connectivity index (χ2n) is 7.32. The maximum atomic E-state index is 12.1. The number of amides is 1. The van der Waals surface area contributed by atoms with Crippen LogP contribution in [0.25, 0.3) is 20.9 Å². The largest absolute Gasteiger partial charge is 0.337 e. The van der Waals surface area contributed by atoms with Crippen molar-refractivity contribution in [1.29, 1.82) is 0 Å². The van der Waals surface area contributed by atoms with Gasteiger partial charge in [0.15, 0.2) is 0 Å². The Balaban J connectivity index is 1.34. The van der Waals surface area contributed by atoms with Crippen molar-refractivity contribution in [1.82, 2.24) is 9.88 Å². The fourth-order valence-electron chi connectivity index (χ4n) is 3.52. The van der Waals surface area contributed by atoms with E-state index < -0.39 is 0 Å². The lowest BCUT2D eigenvalue weighted by atomic mass is 10.1. The quantitative estimate of drug-likeness (QED) is 0.329. The van der Waals surface area contributed by atoms with E-state index in [1.807, 2.05) is 55.8 Å². The molecule has 31 heavy (non-hydrogen) atoms. The van der Waals surface area contributed by atoms with Gasteiger partial charge in [-0.15, -0.1) is 11.3 Å². The Labute approximate surface area is 194 Å². The molecular weight excluding hydrogens is 446 g/mol. The Morgan fingerprint density at radius 2 is 1.77 bits per heavy atom. The molecule has 0 spiro atoms. The fraction of sp³-hybridized carbons (Fsp3) is 0.0833. The van der Waals surface area contributed by atoms with Gasteiger partial charge in [0.25, 0.3) is 5.91 Å². The number of fused-ring (bicyclic) bond motifs is 1. The first-order valence-corrected chi connectivity index (χ1v) is 11.7. The molecule has 2 aromatic carbocycles. The van der Waals surface area contributed by atoms with Crippen molar-refractivity contribution < 1.29 is 4.79 Å². The van der Waals surface area contributed by atoms with Gasteiger partial charge in [-0.3, -0.25) is 9.78 Å². The van der Waals surface area contributed by atoms with Crippen LogP contribution in [-0.4, -0.2) is 22.8 Å². The van der Waals surface area contributed by atoms with Crippen molar-refractivity contribution in [2.45, 2.75) is 11.4 Å². The molecule has 0 saturated carbocycles. The van der Waals surface area contributed by atoms with E-state index in [1.54, 1.807) is 16.2 Å². The molecule has 7 heteroatoms. The molecule has 0 fully saturated rings. The molecule has 1 amide bonds. The first kappa shape index (κ1) is 20.1. The summed E-state index contributed by atoms with van der Waals surface area (Å²) in [7, 11) is 1.84. The van der Waals surface area contributed by atoms with Crippen LogP contribution >= 0.6 is 34.9 Å². The number of hydrogen-bond acceptors (Lipinski definition) is 5. The first-order valence-electron chi connectivity index (χ1n) is 9.69. The average molecular weight is 464 g/mol. The molecule has 0 unspecified atom stereocenters. The summed E-state index contributed by atoms with van der Waals surface area (Å²) in [5.74, 6) is 0.0975. The van der Waals surface area contributed by atoms with Crippen molar-refractivity contribution in [3.05, 3.63) is 89.2 Å². The third-order valence-electron chi connectivity index (χ3n) is 5.10. The van der Waals surface area contributed by atoms with Gasteiger partial charge in [-0.25, -0.2) is 0 Å². The molecular formula is C24H18ClN3OS2. The summed E-state index contributed by atoms with van der Waals surface area (Å²) in [6.07, 6.45) is 3.69. The van der Waals surface area contributed by atoms with Crippen LogP contribution in [-0.2, 0) is 6.54 Å². The maximum Gasteiger partial charge on any atom is 0.254 e. The summed E-state index contributed by atoms with van der Waals surface area (Å²) in [6.45, 7) is 0.670. The highest BCUT2D eigenvalue weighted by atomic mass is 35.5. The van der Waals surface area contributed by atoms with E-state index in [0.29, 0.717) is 6.54 Å². The molecule has 1 aliphatic heterocycles. The topological polar surface area (TPSA) is 45.2 Å². The smallest absolute Gasteiger partial charge is 0.254 e. The molecule has 1 aliphatic rings. The van der Waals surface area contributed by atoms with Gasteiger partial charge in [-0.05, 0) is 77.7 Å². The molecule has 4 nitrogen and oxygen atoms in total. The number of carbonyl (C=O) groups excluding carboxylic acids is 1. The Morgan fingerprint density at radius 3 is 2.58 bits per heavy atom. The van der Waals surface area contributed by atoms with Gasteiger partial charge in [0.05, 0.1) is 11.9 Å². The minimum atomic E-state index is 0.0975. The van der Waals surface area contributed by atoms with Crippen molar-refractivity contribution >= 4 is 46.5 Å². The third kappa shape index (κ3) is 4.19. The third-order valence-corrected chi connectivity index (χ3v) is 7.38. The number of thiophene rings is 1. The zero-order valence-electron chi connectivity index (χ0n) is 16.6. The van der Waals surface area contributed by atoms with E-state index in [2.05, 4.69) is 34.0 Å². The van der Waals surface area contributed by atoms with E-state index in [-0.39, 0.29) is 5.91 Å². The second kappa shape index (κ2) is 8.38. The highest BCUT2D eigenvalue weighted by Gasteiger charge is 2.24. The number of halogens is 1. The number of carbonyl (C=O) groups is 1. The molecule has 3 heterocycles.